The average Bonchev–Trinajstić information content (AvgIpc) is 4.11. The molecule has 3 saturated heterocycles. The molecule has 0 radical (unpaired) electrons. The number of rotatable bonds is 12. The molecular formula is C52H49N9O9. The fourth-order valence-corrected chi connectivity index (χ4v) is 9.36. The van der Waals surface area contributed by atoms with Crippen LogP contribution in [0.4, 0.5) is 17.1 Å². The summed E-state index contributed by atoms with van der Waals surface area (Å²) in [7, 11) is 0. The number of aromatic nitrogens is 3. The van der Waals surface area contributed by atoms with Crippen LogP contribution in [0.2, 0.25) is 0 Å². The van der Waals surface area contributed by atoms with Crippen LogP contribution in [0.25, 0.3) is 0 Å². The van der Waals surface area contributed by atoms with Crippen LogP contribution in [-0.2, 0) is 14.4 Å². The van der Waals surface area contributed by atoms with Gasteiger partial charge < -0.3 is 46.0 Å². The van der Waals surface area contributed by atoms with E-state index in [-0.39, 0.29) is 38.9 Å². The lowest BCUT2D eigenvalue weighted by atomic mass is 9.85. The van der Waals surface area contributed by atoms with Crippen LogP contribution in [0.3, 0.4) is 0 Å². The van der Waals surface area contributed by atoms with Gasteiger partial charge in [-0.15, -0.1) is 0 Å². The fourth-order valence-electron chi connectivity index (χ4n) is 9.36. The van der Waals surface area contributed by atoms with Crippen LogP contribution in [0, 0.1) is 0 Å². The molecule has 6 heterocycles. The third-order valence-electron chi connectivity index (χ3n) is 12.8. The molecule has 18 heteroatoms. The Morgan fingerprint density at radius 3 is 0.943 bits per heavy atom. The van der Waals surface area contributed by atoms with Gasteiger partial charge in [0, 0.05) is 99.1 Å². The summed E-state index contributed by atoms with van der Waals surface area (Å²) >= 11 is 0. The third-order valence-corrected chi connectivity index (χ3v) is 12.8. The predicted octanol–water partition coefficient (Wildman–Crippen LogP) is 3.69. The minimum absolute atomic E-state index is 0.000618. The van der Waals surface area contributed by atoms with E-state index in [1.54, 1.807) is 91.4 Å². The number of β-amino-alcohol motifs (C(OH)–C–C–N with tert-alkyl or cyclic N) is 3. The zero-order valence-corrected chi connectivity index (χ0v) is 37.6. The van der Waals surface area contributed by atoms with Crippen molar-refractivity contribution >= 4 is 52.5 Å². The molecule has 3 aromatic heterocycles. The topological polar surface area (TPSA) is 248 Å². The largest absolute Gasteiger partial charge is 0.391 e. The number of carbonyl (C=O) groups excluding carboxylic acids is 6. The molecule has 3 aliphatic heterocycles. The molecule has 0 aliphatic carbocycles. The Kier molecular flexibility index (Phi) is 13.8. The number of anilines is 3. The molecule has 6 atom stereocenters. The molecule has 3 aromatic carbocycles. The van der Waals surface area contributed by atoms with Crippen LogP contribution >= 0.6 is 0 Å². The van der Waals surface area contributed by atoms with Crippen LogP contribution < -0.4 is 16.0 Å². The summed E-state index contributed by atoms with van der Waals surface area (Å²) in [6.45, 7) is -0.00185. The third kappa shape index (κ3) is 10.3. The molecule has 3 fully saturated rings. The van der Waals surface area contributed by atoms with Gasteiger partial charge in [0.15, 0.2) is 0 Å². The lowest BCUT2D eigenvalue weighted by Gasteiger charge is -2.24. The number of benzene rings is 3. The summed E-state index contributed by atoms with van der Waals surface area (Å²) in [5.74, 6) is -3.03. The van der Waals surface area contributed by atoms with E-state index in [1.807, 2.05) is 36.4 Å². The highest BCUT2D eigenvalue weighted by Crippen LogP contribution is 2.35. The van der Waals surface area contributed by atoms with E-state index in [0.29, 0.717) is 33.8 Å². The quantitative estimate of drug-likeness (QED) is 0.0963. The number of likely N-dealkylation sites (tertiary alicyclic amines) is 3. The number of carbonyl (C=O) groups is 6. The maximum Gasteiger partial charge on any atom is 0.256 e. The van der Waals surface area contributed by atoms with Crippen molar-refractivity contribution in [1.82, 2.24) is 29.7 Å². The van der Waals surface area contributed by atoms with Gasteiger partial charge in [-0.2, -0.15) is 0 Å². The second kappa shape index (κ2) is 20.6. The number of nitrogens with one attached hydrogen (secondary N) is 3. The average molecular weight is 944 g/mol. The van der Waals surface area contributed by atoms with E-state index in [4.69, 9.17) is 0 Å². The van der Waals surface area contributed by atoms with Crippen molar-refractivity contribution in [3.63, 3.8) is 0 Å². The molecule has 3 aliphatic rings. The zero-order valence-electron chi connectivity index (χ0n) is 37.6. The Bertz CT molecular complexity index is 2550. The summed E-state index contributed by atoms with van der Waals surface area (Å²) in [4.78, 5) is 97.0. The molecule has 6 aromatic rings. The first-order chi connectivity index (χ1) is 33.9. The molecule has 6 N–H and O–H groups in total. The van der Waals surface area contributed by atoms with Gasteiger partial charge in [0.2, 0.25) is 17.7 Å². The molecule has 3 unspecified atom stereocenters. The maximum absolute atomic E-state index is 13.7. The van der Waals surface area contributed by atoms with Crippen molar-refractivity contribution in [2.45, 2.75) is 61.6 Å². The summed E-state index contributed by atoms with van der Waals surface area (Å²) in [5, 5.41) is 40.2. The fraction of sp³-hybridized carbons (Fsp3) is 0.250. The predicted molar refractivity (Wildman–Crippen MR) is 255 cm³/mol. The van der Waals surface area contributed by atoms with E-state index in [1.165, 1.54) is 33.3 Å². The van der Waals surface area contributed by atoms with Gasteiger partial charge >= 0.3 is 0 Å². The number of hydrogen-bond donors (Lipinski definition) is 6. The molecule has 6 amide bonds. The Morgan fingerprint density at radius 2 is 0.700 bits per heavy atom. The first kappa shape index (κ1) is 46.9. The zero-order chi connectivity index (χ0) is 48.9. The number of hydrogen-bond acceptors (Lipinski definition) is 12. The van der Waals surface area contributed by atoms with E-state index < -0.39 is 77.8 Å². The SMILES string of the molecule is O=C(Nc1ccc(C(c2ccc(NC(=O)[C@@H]3CC(O)CN3C(=O)c3cccnc3)cc2)c2ccc(NC(=O)[C@@H]3CC(O)CN3C(=O)c3cccnc3)cc2)cc1)[C@@H]1CC(O)CN1C(=O)c1cccnc1. The molecular weight excluding hydrogens is 895 g/mol. The number of nitrogens with zero attached hydrogens (tertiary/aromatic N) is 6. The Morgan fingerprint density at radius 1 is 0.429 bits per heavy atom. The van der Waals surface area contributed by atoms with Crippen molar-refractivity contribution in [2.75, 3.05) is 35.6 Å². The standard InChI is InChI=1S/C52H49N9O9/c62-40-22-43(59(28-40)50(68)34-4-1-19-53-25-34)47(65)56-37-13-7-31(8-14-37)46(32-9-15-38(16-10-32)57-48(66)44-23-41(63)29-60(44)51(69)35-5-2-20-54-26-35)33-11-17-39(18-12-33)58-49(67)45-24-42(64)30-61(45)52(70)36-6-3-21-55-27-36/h1-21,25-27,40-46,62-64H,22-24,28-30H2,(H,56,65)(H,57,66)(H,58,67)/t40?,41?,42?,43-,44-,45-,46?/m0/s1. The van der Waals surface area contributed by atoms with Gasteiger partial charge in [-0.1, -0.05) is 36.4 Å². The van der Waals surface area contributed by atoms with E-state index in [9.17, 15) is 44.1 Å². The highest BCUT2D eigenvalue weighted by atomic mass is 16.3. The van der Waals surface area contributed by atoms with Crippen LogP contribution in [0.1, 0.15) is 72.9 Å². The van der Waals surface area contributed by atoms with Crippen molar-refractivity contribution in [3.8, 4) is 0 Å². The summed E-state index contributed by atoms with van der Waals surface area (Å²) in [6.07, 6.45) is 6.45. The first-order valence-corrected chi connectivity index (χ1v) is 22.8. The van der Waals surface area contributed by atoms with E-state index in [0.717, 1.165) is 16.7 Å². The second-order valence-electron chi connectivity index (χ2n) is 17.6. The first-order valence-electron chi connectivity index (χ1n) is 22.8. The number of aliphatic hydroxyl groups is 3. The maximum atomic E-state index is 13.7. The Balaban J connectivity index is 0.942. The summed E-state index contributed by atoms with van der Waals surface area (Å²) in [6, 6.07) is 28.5. The molecule has 0 bridgehead atoms. The highest BCUT2D eigenvalue weighted by molar-refractivity contribution is 6.03. The van der Waals surface area contributed by atoms with Gasteiger partial charge in [-0.05, 0) is 89.5 Å². The van der Waals surface area contributed by atoms with E-state index in [2.05, 4.69) is 30.9 Å². The van der Waals surface area contributed by atoms with Crippen molar-refractivity contribution < 1.29 is 44.1 Å². The smallest absolute Gasteiger partial charge is 0.256 e. The number of amides is 6. The van der Waals surface area contributed by atoms with Crippen molar-refractivity contribution in [1.29, 1.82) is 0 Å². The van der Waals surface area contributed by atoms with Crippen LogP contribution in [0.5, 0.6) is 0 Å². The van der Waals surface area contributed by atoms with E-state index >= 15 is 0 Å². The lowest BCUT2D eigenvalue weighted by Crippen LogP contribution is -2.43. The van der Waals surface area contributed by atoms with Gasteiger partial charge in [-0.3, -0.25) is 43.7 Å². The number of pyridine rings is 3. The minimum atomic E-state index is -0.917. The number of aliphatic hydroxyl groups excluding tert-OH is 3. The lowest BCUT2D eigenvalue weighted by molar-refractivity contribution is -0.120. The van der Waals surface area contributed by atoms with Gasteiger partial charge in [0.05, 0.1) is 35.0 Å². The molecule has 356 valence electrons. The summed E-state index contributed by atoms with van der Waals surface area (Å²) in [5.41, 5.74) is 4.72. The second-order valence-corrected chi connectivity index (χ2v) is 17.6. The summed E-state index contributed by atoms with van der Waals surface area (Å²) < 4.78 is 0. The molecule has 9 rings (SSSR count). The van der Waals surface area contributed by atoms with Crippen molar-refractivity contribution in [3.05, 3.63) is 180 Å². The van der Waals surface area contributed by atoms with Gasteiger partial charge in [0.25, 0.3) is 17.7 Å². The normalized spacial score (nSPS) is 21.2. The van der Waals surface area contributed by atoms with Crippen LogP contribution in [0.15, 0.2) is 146 Å². The Labute approximate surface area is 402 Å². The molecule has 0 spiro atoms. The minimum Gasteiger partial charge on any atom is -0.391 e. The van der Waals surface area contributed by atoms with Gasteiger partial charge in [0.1, 0.15) is 18.1 Å². The van der Waals surface area contributed by atoms with Gasteiger partial charge in [-0.25, -0.2) is 0 Å². The molecule has 70 heavy (non-hydrogen) atoms. The highest BCUT2D eigenvalue weighted by Gasteiger charge is 2.42. The molecule has 0 saturated carbocycles. The molecule has 18 nitrogen and oxygen atoms in total. The van der Waals surface area contributed by atoms with Crippen LogP contribution in [-0.4, -0.2) is 136 Å². The monoisotopic (exact) mass is 943 g/mol. The van der Waals surface area contributed by atoms with Crippen molar-refractivity contribution in [2.24, 2.45) is 0 Å². The Hall–Kier alpha value is -8.19.